The van der Waals surface area contributed by atoms with E-state index in [0.717, 1.165) is 40.4 Å². The van der Waals surface area contributed by atoms with Crippen molar-refractivity contribution in [3.05, 3.63) is 46.3 Å². The minimum atomic E-state index is -0.337. The van der Waals surface area contributed by atoms with Crippen LogP contribution >= 0.6 is 11.3 Å². The van der Waals surface area contributed by atoms with E-state index in [-0.39, 0.29) is 11.7 Å². The number of aryl methyl sites for hydroxylation is 2. The van der Waals surface area contributed by atoms with Crippen molar-refractivity contribution in [2.75, 3.05) is 23.3 Å². The van der Waals surface area contributed by atoms with E-state index in [2.05, 4.69) is 27.1 Å². The predicted octanol–water partition coefficient (Wildman–Crippen LogP) is 4.94. The molecule has 0 bridgehead atoms. The van der Waals surface area contributed by atoms with Crippen molar-refractivity contribution >= 4 is 39.0 Å². The maximum Gasteiger partial charge on any atom is 0.257 e. The quantitative estimate of drug-likeness (QED) is 0.679. The highest BCUT2D eigenvalue weighted by Gasteiger charge is 2.26. The van der Waals surface area contributed by atoms with Crippen molar-refractivity contribution in [2.24, 2.45) is 5.92 Å². The lowest BCUT2D eigenvalue weighted by Crippen LogP contribution is -2.35. The van der Waals surface area contributed by atoms with Crippen molar-refractivity contribution in [2.45, 2.75) is 33.6 Å². The first-order valence-electron chi connectivity index (χ1n) is 9.50. The zero-order chi connectivity index (χ0) is 19.8. The molecule has 7 heteroatoms. The average molecular weight is 399 g/mol. The lowest BCUT2D eigenvalue weighted by Gasteiger charge is -2.32. The van der Waals surface area contributed by atoms with Gasteiger partial charge in [0.25, 0.3) is 5.91 Å². The second kappa shape index (κ2) is 7.47. The fraction of sp³-hybridized carbons (Fsp3) is 0.381. The van der Waals surface area contributed by atoms with Crippen LogP contribution in [0.25, 0.3) is 10.2 Å². The standard InChI is InChI=1S/C21H23FN4OS/c1-12-5-4-8-26(10-12)19-18-17(14(3)28-21(18)24-11-23-19)20(27)25-15-7-6-13(2)16(22)9-15/h6-7,9,11-12H,4-5,8,10H2,1-3H3,(H,25,27). The van der Waals surface area contributed by atoms with Gasteiger partial charge in [-0.1, -0.05) is 13.0 Å². The molecule has 1 fully saturated rings. The third-order valence-corrected chi connectivity index (χ3v) is 6.27. The van der Waals surface area contributed by atoms with Crippen molar-refractivity contribution in [1.29, 1.82) is 0 Å². The molecule has 5 nitrogen and oxygen atoms in total. The number of carbonyl (C=O) groups is 1. The van der Waals surface area contributed by atoms with Gasteiger partial charge < -0.3 is 10.2 Å². The summed E-state index contributed by atoms with van der Waals surface area (Å²) in [6, 6.07) is 4.72. The maximum atomic E-state index is 13.9. The van der Waals surface area contributed by atoms with E-state index in [0.29, 0.717) is 22.7 Å². The Labute approximate surface area is 167 Å². The van der Waals surface area contributed by atoms with Crippen molar-refractivity contribution in [3.8, 4) is 0 Å². The number of rotatable bonds is 3. The number of thiophene rings is 1. The molecule has 1 saturated heterocycles. The number of piperidine rings is 1. The summed E-state index contributed by atoms with van der Waals surface area (Å²) in [4.78, 5) is 26.0. The van der Waals surface area contributed by atoms with E-state index in [1.165, 1.54) is 23.8 Å². The van der Waals surface area contributed by atoms with E-state index < -0.39 is 0 Å². The molecule has 1 aliphatic rings. The molecule has 3 aromatic rings. The Bertz CT molecular complexity index is 1050. The molecule has 1 aromatic carbocycles. The molecular formula is C21H23FN4OS. The first kappa shape index (κ1) is 18.8. The van der Waals surface area contributed by atoms with Crippen molar-refractivity contribution in [3.63, 3.8) is 0 Å². The van der Waals surface area contributed by atoms with Crippen LogP contribution < -0.4 is 10.2 Å². The summed E-state index contributed by atoms with van der Waals surface area (Å²) in [7, 11) is 0. The van der Waals surface area contributed by atoms with Gasteiger partial charge in [0.05, 0.1) is 10.9 Å². The molecule has 1 aliphatic heterocycles. The summed E-state index contributed by atoms with van der Waals surface area (Å²) in [6.45, 7) is 7.70. The van der Waals surface area contributed by atoms with E-state index >= 15 is 0 Å². The average Bonchev–Trinajstić information content (AvgIpc) is 3.00. The highest BCUT2D eigenvalue weighted by Crippen LogP contribution is 2.36. The van der Waals surface area contributed by atoms with Crippen molar-refractivity contribution < 1.29 is 9.18 Å². The van der Waals surface area contributed by atoms with Crippen molar-refractivity contribution in [1.82, 2.24) is 9.97 Å². The van der Waals surface area contributed by atoms with Crippen LogP contribution in [0.4, 0.5) is 15.9 Å². The number of aromatic nitrogens is 2. The summed E-state index contributed by atoms with van der Waals surface area (Å²) in [6.07, 6.45) is 3.89. The molecule has 0 saturated carbocycles. The molecule has 1 unspecified atom stereocenters. The Morgan fingerprint density at radius 1 is 1.32 bits per heavy atom. The SMILES string of the molecule is Cc1ccc(NC(=O)c2c(C)sc3ncnc(N4CCCC(C)C4)c23)cc1F. The van der Waals surface area contributed by atoms with Gasteiger partial charge in [-0.2, -0.15) is 0 Å². The molecule has 3 heterocycles. The number of nitrogens with zero attached hydrogens (tertiary/aromatic N) is 3. The minimum Gasteiger partial charge on any atom is -0.356 e. The topological polar surface area (TPSA) is 58.1 Å². The van der Waals surface area contributed by atoms with Gasteiger partial charge in [0.2, 0.25) is 0 Å². The zero-order valence-corrected chi connectivity index (χ0v) is 17.1. The van der Waals surface area contributed by atoms with Gasteiger partial charge in [0, 0.05) is 23.7 Å². The monoisotopic (exact) mass is 398 g/mol. The van der Waals surface area contributed by atoms with Crippen LogP contribution in [0.5, 0.6) is 0 Å². The maximum absolute atomic E-state index is 13.9. The predicted molar refractivity (Wildman–Crippen MR) is 112 cm³/mol. The second-order valence-electron chi connectivity index (χ2n) is 7.52. The van der Waals surface area contributed by atoms with Crippen LogP contribution in [-0.2, 0) is 0 Å². The third kappa shape index (κ3) is 3.46. The third-order valence-electron chi connectivity index (χ3n) is 5.26. The number of amides is 1. The van der Waals surface area contributed by atoms with Gasteiger partial charge in [-0.25, -0.2) is 14.4 Å². The normalized spacial score (nSPS) is 17.1. The first-order chi connectivity index (χ1) is 13.4. The van der Waals surface area contributed by atoms with E-state index in [1.807, 2.05) is 6.92 Å². The number of nitrogens with one attached hydrogen (secondary N) is 1. The number of hydrogen-bond acceptors (Lipinski definition) is 5. The highest BCUT2D eigenvalue weighted by atomic mass is 32.1. The molecule has 0 radical (unpaired) electrons. The Morgan fingerprint density at radius 2 is 2.14 bits per heavy atom. The van der Waals surface area contributed by atoms with Crippen LogP contribution in [0.15, 0.2) is 24.5 Å². The second-order valence-corrected chi connectivity index (χ2v) is 8.73. The fourth-order valence-corrected chi connectivity index (χ4v) is 4.77. The number of carbonyl (C=O) groups excluding carboxylic acids is 1. The Kier molecular flexibility index (Phi) is 5.02. The molecular weight excluding hydrogens is 375 g/mol. The number of hydrogen-bond donors (Lipinski definition) is 1. The first-order valence-corrected chi connectivity index (χ1v) is 10.3. The van der Waals surface area contributed by atoms with Gasteiger partial charge in [-0.05, 0) is 50.3 Å². The number of benzene rings is 1. The lowest BCUT2D eigenvalue weighted by atomic mass is 10.00. The van der Waals surface area contributed by atoms with Crippen LogP contribution in [0.1, 0.15) is 40.6 Å². The zero-order valence-electron chi connectivity index (χ0n) is 16.3. The molecule has 146 valence electrons. The minimum absolute atomic E-state index is 0.256. The van der Waals surface area contributed by atoms with Gasteiger partial charge in [0.15, 0.2) is 0 Å². The number of fused-ring (bicyclic) bond motifs is 1. The van der Waals surface area contributed by atoms with Gasteiger partial charge in [0.1, 0.15) is 22.8 Å². The molecule has 2 aromatic heterocycles. The Balaban J connectivity index is 1.74. The molecule has 0 spiro atoms. The van der Waals surface area contributed by atoms with Crippen LogP contribution in [0.3, 0.4) is 0 Å². The molecule has 28 heavy (non-hydrogen) atoms. The largest absolute Gasteiger partial charge is 0.356 e. The van der Waals surface area contributed by atoms with Crippen LogP contribution in [0.2, 0.25) is 0 Å². The molecule has 1 N–H and O–H groups in total. The Morgan fingerprint density at radius 3 is 2.89 bits per heavy atom. The van der Waals surface area contributed by atoms with Crippen LogP contribution in [0, 0.1) is 25.6 Å². The van der Waals surface area contributed by atoms with Gasteiger partial charge >= 0.3 is 0 Å². The van der Waals surface area contributed by atoms with Crippen LogP contribution in [-0.4, -0.2) is 29.0 Å². The summed E-state index contributed by atoms with van der Waals surface area (Å²) in [5.41, 5.74) is 1.57. The summed E-state index contributed by atoms with van der Waals surface area (Å²) in [5.74, 6) is 0.816. The Hall–Kier alpha value is -2.54. The summed E-state index contributed by atoms with van der Waals surface area (Å²) >= 11 is 1.49. The smallest absolute Gasteiger partial charge is 0.257 e. The molecule has 0 aliphatic carbocycles. The summed E-state index contributed by atoms with van der Waals surface area (Å²) in [5, 5.41) is 3.63. The number of halogens is 1. The lowest BCUT2D eigenvalue weighted by molar-refractivity contribution is 0.102. The summed E-state index contributed by atoms with van der Waals surface area (Å²) < 4.78 is 13.9. The van der Waals surface area contributed by atoms with E-state index in [1.54, 1.807) is 25.4 Å². The van der Waals surface area contributed by atoms with E-state index in [9.17, 15) is 9.18 Å². The molecule has 4 rings (SSSR count). The van der Waals surface area contributed by atoms with Gasteiger partial charge in [-0.15, -0.1) is 11.3 Å². The molecule has 1 amide bonds. The fourth-order valence-electron chi connectivity index (χ4n) is 3.79. The van der Waals surface area contributed by atoms with Gasteiger partial charge in [-0.3, -0.25) is 4.79 Å². The van der Waals surface area contributed by atoms with E-state index in [4.69, 9.17) is 0 Å². The highest BCUT2D eigenvalue weighted by molar-refractivity contribution is 7.19. The molecule has 1 atom stereocenters. The number of anilines is 2.